The van der Waals surface area contributed by atoms with Gasteiger partial charge in [-0.05, 0) is 33.1 Å². The summed E-state index contributed by atoms with van der Waals surface area (Å²) in [6, 6.07) is 2.03. The molecule has 1 saturated heterocycles. The van der Waals surface area contributed by atoms with E-state index in [4.69, 9.17) is 0 Å². The molecule has 20 heavy (non-hydrogen) atoms. The van der Waals surface area contributed by atoms with Gasteiger partial charge in [-0.25, -0.2) is 8.42 Å². The van der Waals surface area contributed by atoms with Crippen molar-refractivity contribution in [2.45, 2.75) is 30.8 Å². The van der Waals surface area contributed by atoms with Gasteiger partial charge in [0.05, 0.1) is 4.90 Å². The predicted molar refractivity (Wildman–Crippen MR) is 79.0 cm³/mol. The lowest BCUT2D eigenvalue weighted by Crippen LogP contribution is -2.34. The lowest BCUT2D eigenvalue weighted by Gasteiger charge is -2.19. The summed E-state index contributed by atoms with van der Waals surface area (Å²) in [6.45, 7) is 4.71. The monoisotopic (exact) mass is 300 g/mol. The van der Waals surface area contributed by atoms with E-state index in [9.17, 15) is 8.42 Å². The fourth-order valence-corrected chi connectivity index (χ4v) is 3.94. The number of nitrogens with zero attached hydrogens (tertiary/aromatic N) is 2. The summed E-state index contributed by atoms with van der Waals surface area (Å²) in [5, 5.41) is 3.17. The highest BCUT2D eigenvalue weighted by Crippen LogP contribution is 2.23. The predicted octanol–water partition coefficient (Wildman–Crippen LogP) is 0.449. The first-order valence-electron chi connectivity index (χ1n) is 6.99. The molecule has 0 radical (unpaired) electrons. The number of nitrogens with one attached hydrogen (secondary N) is 2. The van der Waals surface area contributed by atoms with Crippen LogP contribution in [0.1, 0.15) is 19.0 Å². The smallest absolute Gasteiger partial charge is 0.244 e. The van der Waals surface area contributed by atoms with Gasteiger partial charge in [-0.15, -0.1) is 0 Å². The van der Waals surface area contributed by atoms with Crippen LogP contribution >= 0.6 is 0 Å². The molecule has 2 rings (SSSR count). The number of hydrogen-bond donors (Lipinski definition) is 2. The largest absolute Gasteiger partial charge is 0.363 e. The van der Waals surface area contributed by atoms with Crippen LogP contribution in [0.2, 0.25) is 0 Å². The molecule has 1 unspecified atom stereocenters. The van der Waals surface area contributed by atoms with Crippen LogP contribution < -0.4 is 5.32 Å². The van der Waals surface area contributed by atoms with Gasteiger partial charge in [0.25, 0.3) is 0 Å². The Balaban J connectivity index is 2.09. The quantitative estimate of drug-likeness (QED) is 0.800. The van der Waals surface area contributed by atoms with E-state index < -0.39 is 10.0 Å². The van der Waals surface area contributed by atoms with Crippen LogP contribution in [0.3, 0.4) is 0 Å². The van der Waals surface area contributed by atoms with Crippen LogP contribution in [0, 0.1) is 0 Å². The normalized spacial score (nSPS) is 20.9. The summed E-state index contributed by atoms with van der Waals surface area (Å²) < 4.78 is 26.7. The van der Waals surface area contributed by atoms with Gasteiger partial charge in [0.1, 0.15) is 0 Å². The lowest BCUT2D eigenvalue weighted by molar-refractivity contribution is 0.302. The summed E-state index contributed by atoms with van der Waals surface area (Å²) in [4.78, 5) is 5.48. The van der Waals surface area contributed by atoms with Gasteiger partial charge in [-0.1, -0.05) is 6.92 Å². The Kier molecular flexibility index (Phi) is 4.85. The molecule has 1 aromatic rings. The molecule has 0 saturated carbocycles. The molecule has 0 aromatic carbocycles. The number of likely N-dealkylation sites (N-methyl/N-ethyl adjacent to an activating group) is 1. The molecule has 1 aliphatic rings. The van der Waals surface area contributed by atoms with Gasteiger partial charge >= 0.3 is 0 Å². The van der Waals surface area contributed by atoms with Crippen LogP contribution in [0.15, 0.2) is 17.2 Å². The second kappa shape index (κ2) is 6.26. The van der Waals surface area contributed by atoms with Crippen molar-refractivity contribution in [3.05, 3.63) is 18.0 Å². The Hall–Kier alpha value is -0.890. The molecule has 7 heteroatoms. The van der Waals surface area contributed by atoms with Gasteiger partial charge in [0.15, 0.2) is 0 Å². The zero-order valence-corrected chi connectivity index (χ0v) is 13.2. The Morgan fingerprint density at radius 1 is 1.50 bits per heavy atom. The fraction of sp³-hybridized carbons (Fsp3) is 0.692. The van der Waals surface area contributed by atoms with Crippen LogP contribution in [-0.2, 0) is 16.6 Å². The minimum Gasteiger partial charge on any atom is -0.363 e. The van der Waals surface area contributed by atoms with E-state index in [1.54, 1.807) is 16.6 Å². The minimum atomic E-state index is -3.36. The van der Waals surface area contributed by atoms with Crippen LogP contribution in [0.4, 0.5) is 0 Å². The molecule has 2 N–H and O–H groups in total. The molecule has 6 nitrogen and oxygen atoms in total. The molecule has 1 atom stereocenters. The first kappa shape index (κ1) is 15.5. The van der Waals surface area contributed by atoms with E-state index >= 15 is 0 Å². The Morgan fingerprint density at radius 2 is 2.25 bits per heavy atom. The van der Waals surface area contributed by atoms with Gasteiger partial charge < -0.3 is 15.2 Å². The Labute approximate surface area is 121 Å². The van der Waals surface area contributed by atoms with Gasteiger partial charge in [-0.2, -0.15) is 4.31 Å². The number of aromatic nitrogens is 1. The van der Waals surface area contributed by atoms with Crippen molar-refractivity contribution in [3.63, 3.8) is 0 Å². The van der Waals surface area contributed by atoms with Gasteiger partial charge in [0.2, 0.25) is 10.0 Å². The van der Waals surface area contributed by atoms with Crippen molar-refractivity contribution in [1.29, 1.82) is 0 Å². The number of sulfonamides is 1. The molecule has 1 aromatic heterocycles. The Morgan fingerprint density at radius 3 is 2.85 bits per heavy atom. The van der Waals surface area contributed by atoms with Crippen molar-refractivity contribution in [1.82, 2.24) is 19.5 Å². The Bertz CT molecular complexity index is 538. The zero-order chi connectivity index (χ0) is 14.8. The molecule has 2 heterocycles. The standard InChI is InChI=1S/C13H24N4O2S/c1-4-14-8-11-7-13(9-15-11)20(18,19)17-6-5-12(10-17)16(2)3/h7,9,12,14-15H,4-6,8,10H2,1-3H3. The molecule has 0 aliphatic carbocycles. The highest BCUT2D eigenvalue weighted by molar-refractivity contribution is 7.89. The average molecular weight is 300 g/mol. The number of hydrogen-bond acceptors (Lipinski definition) is 4. The second-order valence-electron chi connectivity index (χ2n) is 5.41. The van der Waals surface area contributed by atoms with Crippen molar-refractivity contribution >= 4 is 10.0 Å². The van der Waals surface area contributed by atoms with Crippen LogP contribution in [-0.4, -0.2) is 62.4 Å². The van der Waals surface area contributed by atoms with Gasteiger partial charge in [-0.3, -0.25) is 0 Å². The van der Waals surface area contributed by atoms with Crippen LogP contribution in [0.25, 0.3) is 0 Å². The van der Waals surface area contributed by atoms with E-state index in [0.717, 1.165) is 18.7 Å². The lowest BCUT2D eigenvalue weighted by atomic mass is 10.2. The van der Waals surface area contributed by atoms with E-state index in [0.29, 0.717) is 30.6 Å². The third-order valence-electron chi connectivity index (χ3n) is 3.78. The van der Waals surface area contributed by atoms with E-state index in [1.807, 2.05) is 21.0 Å². The van der Waals surface area contributed by atoms with Gasteiger partial charge in [0, 0.05) is 37.6 Å². The maximum Gasteiger partial charge on any atom is 0.244 e. The highest BCUT2D eigenvalue weighted by Gasteiger charge is 2.33. The number of aromatic amines is 1. The molecule has 0 bridgehead atoms. The molecular formula is C13H24N4O2S. The summed E-state index contributed by atoms with van der Waals surface area (Å²) in [5.41, 5.74) is 0.897. The average Bonchev–Trinajstić information content (AvgIpc) is 3.05. The van der Waals surface area contributed by atoms with Crippen molar-refractivity contribution in [3.8, 4) is 0 Å². The maximum absolute atomic E-state index is 12.6. The summed E-state index contributed by atoms with van der Waals surface area (Å²) in [7, 11) is 0.622. The van der Waals surface area contributed by atoms with Crippen LogP contribution in [0.5, 0.6) is 0 Å². The molecule has 0 spiro atoms. The SMILES string of the molecule is CCNCc1cc(S(=O)(=O)N2CCC(N(C)C)C2)c[nH]1. The van der Waals surface area contributed by atoms with Crippen molar-refractivity contribution in [2.75, 3.05) is 33.7 Å². The van der Waals surface area contributed by atoms with Crippen molar-refractivity contribution in [2.24, 2.45) is 0 Å². The third kappa shape index (κ3) is 3.22. The summed E-state index contributed by atoms with van der Waals surface area (Å²) in [6.07, 6.45) is 2.48. The maximum atomic E-state index is 12.6. The topological polar surface area (TPSA) is 68.4 Å². The third-order valence-corrected chi connectivity index (χ3v) is 5.62. The van der Waals surface area contributed by atoms with E-state index in [2.05, 4.69) is 15.2 Å². The fourth-order valence-electron chi connectivity index (χ4n) is 2.43. The molecule has 1 aliphatic heterocycles. The van der Waals surface area contributed by atoms with E-state index in [1.165, 1.54) is 0 Å². The summed E-state index contributed by atoms with van der Waals surface area (Å²) >= 11 is 0. The highest BCUT2D eigenvalue weighted by atomic mass is 32.2. The summed E-state index contributed by atoms with van der Waals surface area (Å²) in [5.74, 6) is 0. The zero-order valence-electron chi connectivity index (χ0n) is 12.4. The first-order valence-corrected chi connectivity index (χ1v) is 8.43. The second-order valence-corrected chi connectivity index (χ2v) is 7.35. The molecule has 114 valence electrons. The van der Waals surface area contributed by atoms with E-state index in [-0.39, 0.29) is 0 Å². The number of H-pyrrole nitrogens is 1. The molecule has 1 fully saturated rings. The number of rotatable bonds is 6. The molecular weight excluding hydrogens is 276 g/mol. The molecule has 0 amide bonds. The van der Waals surface area contributed by atoms with Crippen molar-refractivity contribution < 1.29 is 8.42 Å². The minimum absolute atomic E-state index is 0.310. The first-order chi connectivity index (χ1) is 9.45.